The topological polar surface area (TPSA) is 186 Å². The summed E-state index contributed by atoms with van der Waals surface area (Å²) in [5.74, 6) is -1.77. The van der Waals surface area contributed by atoms with Crippen molar-refractivity contribution < 1.29 is 54.8 Å². The van der Waals surface area contributed by atoms with Crippen LogP contribution < -0.4 is 9.47 Å². The van der Waals surface area contributed by atoms with Gasteiger partial charge in [-0.2, -0.15) is 0 Å². The zero-order valence-corrected chi connectivity index (χ0v) is 17.4. The number of hydrogen-bond donors (Lipinski definition) is 7. The molecule has 0 radical (unpaired) electrons. The largest absolute Gasteiger partial charge is 0.508 e. The molecule has 1 fully saturated rings. The van der Waals surface area contributed by atoms with Gasteiger partial charge in [-0.05, 0) is 17.7 Å². The van der Waals surface area contributed by atoms with Crippen molar-refractivity contribution >= 4 is 5.78 Å². The number of carbonyl (C=O) groups is 1. The van der Waals surface area contributed by atoms with E-state index in [9.17, 15) is 40.5 Å². The van der Waals surface area contributed by atoms with Crippen LogP contribution in [0.3, 0.4) is 0 Å². The third-order valence-corrected chi connectivity index (χ3v) is 5.94. The van der Waals surface area contributed by atoms with Crippen molar-refractivity contribution in [1.82, 2.24) is 0 Å². The van der Waals surface area contributed by atoms with Crippen LogP contribution in [0.5, 0.6) is 23.0 Å². The second kappa shape index (κ2) is 8.78. The van der Waals surface area contributed by atoms with Crippen LogP contribution in [-0.2, 0) is 4.74 Å². The quantitative estimate of drug-likeness (QED) is 0.303. The van der Waals surface area contributed by atoms with E-state index in [4.69, 9.17) is 14.2 Å². The van der Waals surface area contributed by atoms with Gasteiger partial charge in [-0.15, -0.1) is 0 Å². The van der Waals surface area contributed by atoms with E-state index >= 15 is 0 Å². The molecule has 2 aromatic carbocycles. The highest BCUT2D eigenvalue weighted by atomic mass is 16.5. The monoisotopic (exact) mass is 464 g/mol. The molecule has 2 aliphatic heterocycles. The third-order valence-electron chi connectivity index (χ3n) is 5.94. The van der Waals surface area contributed by atoms with E-state index in [-0.39, 0.29) is 28.4 Å². The summed E-state index contributed by atoms with van der Waals surface area (Å²) in [6.45, 7) is -0.690. The lowest BCUT2D eigenvalue weighted by Gasteiger charge is -2.41. The molecule has 0 aliphatic carbocycles. The Morgan fingerprint density at radius 3 is 2.24 bits per heavy atom. The first-order chi connectivity index (χ1) is 15.7. The highest BCUT2D eigenvalue weighted by Gasteiger charge is 2.48. The minimum absolute atomic E-state index is 0.0146. The summed E-state index contributed by atoms with van der Waals surface area (Å²) < 4.78 is 16.6. The molecule has 0 spiro atoms. The molecule has 7 N–H and O–H groups in total. The van der Waals surface area contributed by atoms with Gasteiger partial charge in [0.1, 0.15) is 59.1 Å². The molecule has 3 unspecified atom stereocenters. The summed E-state index contributed by atoms with van der Waals surface area (Å²) in [5.41, 5.74) is -0.207. The molecule has 33 heavy (non-hydrogen) atoms. The van der Waals surface area contributed by atoms with Crippen molar-refractivity contribution in [2.24, 2.45) is 0 Å². The van der Waals surface area contributed by atoms with Crippen molar-refractivity contribution in [3.8, 4) is 23.0 Å². The first kappa shape index (κ1) is 23.2. The fourth-order valence-electron chi connectivity index (χ4n) is 4.15. The van der Waals surface area contributed by atoms with Crippen LogP contribution in [0.4, 0.5) is 0 Å². The number of ether oxygens (including phenoxy) is 3. The second-order valence-corrected chi connectivity index (χ2v) is 7.90. The Hall–Kier alpha value is -2.93. The van der Waals surface area contributed by atoms with E-state index in [1.165, 1.54) is 37.4 Å². The standard InChI is InChI=1S/C22H24O11/c1-31-10-6-11-13(17(27)19(29)21(32-11)8-2-4-9(24)5-3-8)16(26)14(10)22-20(30)18(28)15(25)12(7-23)33-22/h2-6,12,15,18-26,28-30H,7H2,1H3/t12-,15-,18+,19?,20-,21?,22?/m1/s1. The van der Waals surface area contributed by atoms with Crippen molar-refractivity contribution in [3.05, 3.63) is 47.0 Å². The number of methoxy groups -OCH3 is 1. The van der Waals surface area contributed by atoms with Crippen LogP contribution in [0, 0.1) is 0 Å². The van der Waals surface area contributed by atoms with E-state index < -0.39 is 60.9 Å². The van der Waals surface area contributed by atoms with Gasteiger partial charge in [0.25, 0.3) is 0 Å². The van der Waals surface area contributed by atoms with Crippen LogP contribution in [-0.4, -0.2) is 85.8 Å². The number of phenols is 2. The van der Waals surface area contributed by atoms with Crippen LogP contribution in [0.1, 0.15) is 33.7 Å². The van der Waals surface area contributed by atoms with Crippen LogP contribution in [0.2, 0.25) is 0 Å². The molecule has 2 aromatic rings. The molecular formula is C22H24O11. The molecule has 0 bridgehead atoms. The molecule has 0 aromatic heterocycles. The number of aliphatic hydroxyl groups is 5. The Labute approximate surface area is 187 Å². The number of ketones is 1. The minimum atomic E-state index is -1.74. The minimum Gasteiger partial charge on any atom is -0.508 e. The smallest absolute Gasteiger partial charge is 0.202 e. The Morgan fingerprint density at radius 2 is 1.64 bits per heavy atom. The lowest BCUT2D eigenvalue weighted by molar-refractivity contribution is -0.232. The van der Waals surface area contributed by atoms with Gasteiger partial charge in [-0.1, -0.05) is 12.1 Å². The zero-order valence-electron chi connectivity index (χ0n) is 17.4. The summed E-state index contributed by atoms with van der Waals surface area (Å²) in [4.78, 5) is 13.0. The molecule has 178 valence electrons. The number of Topliss-reactive ketones (excluding diaryl/α,β-unsaturated/α-hetero) is 1. The summed E-state index contributed by atoms with van der Waals surface area (Å²) >= 11 is 0. The van der Waals surface area contributed by atoms with E-state index in [1.807, 2.05) is 0 Å². The third kappa shape index (κ3) is 3.78. The fourth-order valence-corrected chi connectivity index (χ4v) is 4.15. The maximum atomic E-state index is 13.0. The van der Waals surface area contributed by atoms with Crippen molar-refractivity contribution in [1.29, 1.82) is 0 Å². The average Bonchev–Trinajstić information content (AvgIpc) is 2.81. The Morgan fingerprint density at radius 1 is 0.970 bits per heavy atom. The molecule has 7 atom stereocenters. The number of carbonyl (C=O) groups excluding carboxylic acids is 1. The number of benzene rings is 2. The molecule has 0 saturated carbocycles. The van der Waals surface area contributed by atoms with Crippen LogP contribution in [0.25, 0.3) is 0 Å². The first-order valence-corrected chi connectivity index (χ1v) is 10.1. The Kier molecular flexibility index (Phi) is 6.18. The SMILES string of the molecule is COc1cc2c(c(O)c1C1O[C@H](CO)[C@@H](O)[C@H](O)[C@H]1O)C(=O)C(O)C(c1ccc(O)cc1)O2. The Balaban J connectivity index is 1.79. The van der Waals surface area contributed by atoms with Gasteiger partial charge in [0.05, 0.1) is 19.3 Å². The number of rotatable bonds is 4. The van der Waals surface area contributed by atoms with E-state index in [2.05, 4.69) is 0 Å². The average molecular weight is 464 g/mol. The lowest BCUT2D eigenvalue weighted by Crippen LogP contribution is -2.55. The molecule has 11 heteroatoms. The maximum absolute atomic E-state index is 13.0. The Bertz CT molecular complexity index is 1040. The van der Waals surface area contributed by atoms with Crippen molar-refractivity contribution in [2.75, 3.05) is 13.7 Å². The highest BCUT2D eigenvalue weighted by molar-refractivity contribution is 6.06. The normalized spacial score (nSPS) is 31.6. The van der Waals surface area contributed by atoms with Crippen molar-refractivity contribution in [3.63, 3.8) is 0 Å². The molecule has 11 nitrogen and oxygen atoms in total. The summed E-state index contributed by atoms with van der Waals surface area (Å²) in [6.07, 6.45) is -10.7. The van der Waals surface area contributed by atoms with Crippen LogP contribution >= 0.6 is 0 Å². The number of phenolic OH excluding ortho intramolecular Hbond substituents is 2. The van der Waals surface area contributed by atoms with E-state index in [0.29, 0.717) is 5.56 Å². The van der Waals surface area contributed by atoms with Gasteiger partial charge in [0.2, 0.25) is 5.78 Å². The fraction of sp³-hybridized carbons (Fsp3) is 0.409. The van der Waals surface area contributed by atoms with Gasteiger partial charge in [0, 0.05) is 6.07 Å². The summed E-state index contributed by atoms with van der Waals surface area (Å²) in [7, 11) is 1.26. The molecule has 2 aliphatic rings. The predicted octanol–water partition coefficient (Wildman–Crippen LogP) is -0.701. The summed E-state index contributed by atoms with van der Waals surface area (Å²) in [5, 5.41) is 71.2. The number of aliphatic hydroxyl groups excluding tert-OH is 5. The first-order valence-electron chi connectivity index (χ1n) is 10.1. The molecular weight excluding hydrogens is 440 g/mol. The number of fused-ring (bicyclic) bond motifs is 1. The molecule has 4 rings (SSSR count). The van der Waals surface area contributed by atoms with Gasteiger partial charge in [0.15, 0.2) is 12.2 Å². The van der Waals surface area contributed by atoms with Gasteiger partial charge in [-0.25, -0.2) is 0 Å². The van der Waals surface area contributed by atoms with Gasteiger partial charge in [-0.3, -0.25) is 4.79 Å². The van der Waals surface area contributed by atoms with E-state index in [1.54, 1.807) is 0 Å². The maximum Gasteiger partial charge on any atom is 0.202 e. The summed E-state index contributed by atoms with van der Waals surface area (Å²) in [6, 6.07) is 6.95. The molecule has 0 amide bonds. The van der Waals surface area contributed by atoms with Gasteiger partial charge < -0.3 is 50.0 Å². The number of aromatic hydroxyl groups is 2. The predicted molar refractivity (Wildman–Crippen MR) is 109 cm³/mol. The van der Waals surface area contributed by atoms with Crippen LogP contribution in [0.15, 0.2) is 30.3 Å². The van der Waals surface area contributed by atoms with E-state index in [0.717, 1.165) is 0 Å². The lowest BCUT2D eigenvalue weighted by atomic mass is 9.86. The molecule has 1 saturated heterocycles. The van der Waals surface area contributed by atoms with Gasteiger partial charge >= 0.3 is 0 Å². The second-order valence-electron chi connectivity index (χ2n) is 7.90. The number of hydrogen-bond acceptors (Lipinski definition) is 11. The zero-order chi connectivity index (χ0) is 24.0. The molecule has 2 heterocycles. The highest BCUT2D eigenvalue weighted by Crippen LogP contribution is 2.49. The van der Waals surface area contributed by atoms with Crippen molar-refractivity contribution in [2.45, 2.75) is 42.7 Å².